The zero-order valence-corrected chi connectivity index (χ0v) is 15.4. The minimum absolute atomic E-state index is 0.0781. The van der Waals surface area contributed by atoms with Gasteiger partial charge < -0.3 is 14.4 Å². The third-order valence-electron chi connectivity index (χ3n) is 4.51. The maximum atomic E-state index is 12.9. The van der Waals surface area contributed by atoms with Crippen molar-refractivity contribution in [1.29, 1.82) is 0 Å². The van der Waals surface area contributed by atoms with Crippen LogP contribution in [0.4, 0.5) is 13.2 Å². The first kappa shape index (κ1) is 20.1. The van der Waals surface area contributed by atoms with Gasteiger partial charge in [0, 0.05) is 13.0 Å². The number of morpholine rings is 1. The second-order valence-corrected chi connectivity index (χ2v) is 6.40. The van der Waals surface area contributed by atoms with Crippen LogP contribution in [-0.2, 0) is 11.3 Å². The molecule has 28 heavy (non-hydrogen) atoms. The van der Waals surface area contributed by atoms with E-state index in [0.717, 1.165) is 0 Å². The number of rotatable bonds is 7. The molecular weight excluding hydrogens is 377 g/mol. The monoisotopic (exact) mass is 398 g/mol. The summed E-state index contributed by atoms with van der Waals surface area (Å²) in [4.78, 5) is 14.2. The van der Waals surface area contributed by atoms with Gasteiger partial charge in [0.1, 0.15) is 18.2 Å². The molecule has 0 N–H and O–H groups in total. The smallest absolute Gasteiger partial charge is 0.276 e. The van der Waals surface area contributed by atoms with E-state index in [2.05, 4.69) is 10.3 Å². The van der Waals surface area contributed by atoms with Crippen LogP contribution in [0.3, 0.4) is 0 Å². The van der Waals surface area contributed by atoms with Crippen molar-refractivity contribution >= 4 is 5.91 Å². The topological polar surface area (TPSA) is 69.5 Å². The van der Waals surface area contributed by atoms with Crippen molar-refractivity contribution in [2.24, 2.45) is 0 Å². The van der Waals surface area contributed by atoms with E-state index < -0.39 is 24.8 Å². The summed E-state index contributed by atoms with van der Waals surface area (Å²) in [5.74, 6) is -0.272. The Morgan fingerprint density at radius 2 is 2.11 bits per heavy atom. The molecule has 10 heteroatoms. The molecule has 0 bridgehead atoms. The number of amides is 1. The molecule has 1 aliphatic heterocycles. The van der Waals surface area contributed by atoms with Crippen LogP contribution in [0.2, 0.25) is 0 Å². The maximum Gasteiger partial charge on any atom is 0.276 e. The third kappa shape index (κ3) is 4.80. The average Bonchev–Trinajstić information content (AvgIpc) is 3.03. The number of carbonyl (C=O) groups excluding carboxylic acids is 1. The first-order valence-corrected chi connectivity index (χ1v) is 8.91. The SMILES string of the molecule is Cc1c(C(=O)N2CCOCC2CC(F)F)nnn1CCOc1ccc(F)cc1. The highest BCUT2D eigenvalue weighted by Gasteiger charge is 2.32. The fraction of sp³-hybridized carbons (Fsp3) is 0.500. The molecule has 152 valence electrons. The number of carbonyl (C=O) groups is 1. The van der Waals surface area contributed by atoms with Crippen LogP contribution in [0.15, 0.2) is 24.3 Å². The van der Waals surface area contributed by atoms with Crippen LogP contribution in [0.25, 0.3) is 0 Å². The predicted octanol–water partition coefficient (Wildman–Crippen LogP) is 2.30. The molecule has 1 aromatic carbocycles. The molecule has 0 saturated carbocycles. The van der Waals surface area contributed by atoms with Gasteiger partial charge in [0.2, 0.25) is 6.43 Å². The Bertz CT molecular complexity index is 798. The molecule has 1 aromatic heterocycles. The molecule has 0 spiro atoms. The summed E-state index contributed by atoms with van der Waals surface area (Å²) < 4.78 is 50.7. The largest absolute Gasteiger partial charge is 0.492 e. The van der Waals surface area contributed by atoms with Crippen LogP contribution in [-0.4, -0.2) is 64.6 Å². The Kier molecular flexibility index (Phi) is 6.50. The van der Waals surface area contributed by atoms with Gasteiger partial charge in [-0.1, -0.05) is 5.21 Å². The lowest BCUT2D eigenvalue weighted by Crippen LogP contribution is -2.49. The van der Waals surface area contributed by atoms with Crippen molar-refractivity contribution in [3.05, 3.63) is 41.5 Å². The van der Waals surface area contributed by atoms with Crippen molar-refractivity contribution in [2.75, 3.05) is 26.4 Å². The lowest BCUT2D eigenvalue weighted by atomic mass is 10.1. The fourth-order valence-electron chi connectivity index (χ4n) is 3.01. The third-order valence-corrected chi connectivity index (χ3v) is 4.51. The normalized spacial score (nSPS) is 17.2. The summed E-state index contributed by atoms with van der Waals surface area (Å²) in [6.07, 6.45) is -2.97. The number of hydrogen-bond donors (Lipinski definition) is 0. The van der Waals surface area contributed by atoms with E-state index in [4.69, 9.17) is 9.47 Å². The molecule has 1 fully saturated rings. The zero-order valence-electron chi connectivity index (χ0n) is 15.4. The summed E-state index contributed by atoms with van der Waals surface area (Å²) in [6.45, 7) is 2.87. The van der Waals surface area contributed by atoms with E-state index >= 15 is 0 Å². The minimum atomic E-state index is -2.53. The Balaban J connectivity index is 1.62. The number of hydrogen-bond acceptors (Lipinski definition) is 5. The lowest BCUT2D eigenvalue weighted by molar-refractivity contribution is -0.0218. The van der Waals surface area contributed by atoms with Gasteiger partial charge in [0.05, 0.1) is 31.5 Å². The highest BCUT2D eigenvalue weighted by Crippen LogP contribution is 2.19. The van der Waals surface area contributed by atoms with Crippen LogP contribution in [0, 0.1) is 12.7 Å². The van der Waals surface area contributed by atoms with Crippen molar-refractivity contribution < 1.29 is 27.4 Å². The van der Waals surface area contributed by atoms with Crippen molar-refractivity contribution in [3.63, 3.8) is 0 Å². The fourth-order valence-corrected chi connectivity index (χ4v) is 3.01. The highest BCUT2D eigenvalue weighted by molar-refractivity contribution is 5.93. The van der Waals surface area contributed by atoms with Gasteiger partial charge in [-0.15, -0.1) is 5.10 Å². The second-order valence-electron chi connectivity index (χ2n) is 6.40. The molecule has 1 saturated heterocycles. The Morgan fingerprint density at radius 1 is 1.36 bits per heavy atom. The minimum Gasteiger partial charge on any atom is -0.492 e. The van der Waals surface area contributed by atoms with Gasteiger partial charge in [-0.3, -0.25) is 4.79 Å². The number of benzene rings is 1. The van der Waals surface area contributed by atoms with Crippen molar-refractivity contribution in [2.45, 2.75) is 32.4 Å². The van der Waals surface area contributed by atoms with Gasteiger partial charge in [-0.2, -0.15) is 0 Å². The van der Waals surface area contributed by atoms with Gasteiger partial charge in [0.15, 0.2) is 5.69 Å². The standard InChI is InChI=1S/C18H21F3N4O3/c1-12-17(18(26)24-6-8-27-11-14(24)10-16(20)21)22-23-25(12)7-9-28-15-4-2-13(19)3-5-15/h2-5,14,16H,6-11H2,1H3. The second kappa shape index (κ2) is 9.05. The Labute approximate surface area is 160 Å². The first-order valence-electron chi connectivity index (χ1n) is 8.91. The number of alkyl halides is 2. The van der Waals surface area contributed by atoms with Crippen LogP contribution in [0.1, 0.15) is 22.6 Å². The summed E-state index contributed by atoms with van der Waals surface area (Å²) in [5.41, 5.74) is 0.651. The number of nitrogens with zero attached hydrogens (tertiary/aromatic N) is 4. The average molecular weight is 398 g/mol. The van der Waals surface area contributed by atoms with Gasteiger partial charge >= 0.3 is 0 Å². The summed E-state index contributed by atoms with van der Waals surface area (Å²) in [7, 11) is 0. The van der Waals surface area contributed by atoms with Crippen LogP contribution >= 0.6 is 0 Å². The van der Waals surface area contributed by atoms with Crippen LogP contribution < -0.4 is 4.74 Å². The molecular formula is C18H21F3N4O3. The van der Waals surface area contributed by atoms with Crippen molar-refractivity contribution in [3.8, 4) is 5.75 Å². The van der Waals surface area contributed by atoms with Gasteiger partial charge in [0.25, 0.3) is 5.91 Å². The first-order chi connectivity index (χ1) is 13.5. The molecule has 0 radical (unpaired) electrons. The molecule has 2 aromatic rings. The molecule has 0 aliphatic carbocycles. The lowest BCUT2D eigenvalue weighted by Gasteiger charge is -2.35. The Hall–Kier alpha value is -2.62. The molecule has 2 heterocycles. The summed E-state index contributed by atoms with van der Waals surface area (Å²) in [5, 5.41) is 7.89. The van der Waals surface area contributed by atoms with E-state index in [0.29, 0.717) is 24.6 Å². The molecule has 1 aliphatic rings. The molecule has 1 atom stereocenters. The van der Waals surface area contributed by atoms with E-state index in [9.17, 15) is 18.0 Å². The van der Waals surface area contributed by atoms with Gasteiger partial charge in [-0.05, 0) is 31.2 Å². The molecule has 1 unspecified atom stereocenters. The summed E-state index contributed by atoms with van der Waals surface area (Å²) >= 11 is 0. The molecule has 3 rings (SSSR count). The van der Waals surface area contributed by atoms with Gasteiger partial charge in [-0.25, -0.2) is 17.9 Å². The number of aromatic nitrogens is 3. The predicted molar refractivity (Wildman–Crippen MR) is 92.9 cm³/mol. The van der Waals surface area contributed by atoms with Crippen molar-refractivity contribution in [1.82, 2.24) is 19.9 Å². The summed E-state index contributed by atoms with van der Waals surface area (Å²) in [6, 6.07) is 4.93. The molecule has 1 amide bonds. The van der Waals surface area contributed by atoms with E-state index in [1.54, 1.807) is 6.92 Å². The number of halogens is 3. The maximum absolute atomic E-state index is 12.9. The highest BCUT2D eigenvalue weighted by atomic mass is 19.3. The van der Waals surface area contributed by atoms with E-state index in [-0.39, 0.29) is 31.3 Å². The van der Waals surface area contributed by atoms with E-state index in [1.807, 2.05) is 0 Å². The van der Waals surface area contributed by atoms with Crippen LogP contribution in [0.5, 0.6) is 5.75 Å². The Morgan fingerprint density at radius 3 is 2.82 bits per heavy atom. The zero-order chi connectivity index (χ0) is 20.1. The van der Waals surface area contributed by atoms with E-state index in [1.165, 1.54) is 33.8 Å². The quantitative estimate of drug-likeness (QED) is 0.716. The number of ether oxygens (including phenoxy) is 2. The molecule has 7 nitrogen and oxygen atoms in total.